The first-order chi connectivity index (χ1) is 15.0. The van der Waals surface area contributed by atoms with Gasteiger partial charge in [0.2, 0.25) is 0 Å². The average molecular weight is 438 g/mol. The largest absolute Gasteiger partial charge is 0.455 e. The molecule has 1 aliphatic heterocycles. The summed E-state index contributed by atoms with van der Waals surface area (Å²) >= 11 is 1.75. The summed E-state index contributed by atoms with van der Waals surface area (Å²) in [5.41, 5.74) is 1.26. The van der Waals surface area contributed by atoms with Crippen molar-refractivity contribution in [2.24, 2.45) is 0 Å². The molecular formula is C23H23N3O4S. The van der Waals surface area contributed by atoms with Crippen molar-refractivity contribution in [2.75, 3.05) is 18.1 Å². The zero-order valence-electron chi connectivity index (χ0n) is 17.2. The SMILES string of the molecule is CC1CCN(C(=O)COC(=O)CCn2cnc3ccccc3c2=O)c2ccccc2S1. The van der Waals surface area contributed by atoms with E-state index in [4.69, 9.17) is 4.74 Å². The van der Waals surface area contributed by atoms with Gasteiger partial charge in [0.1, 0.15) is 0 Å². The van der Waals surface area contributed by atoms with E-state index < -0.39 is 5.97 Å². The van der Waals surface area contributed by atoms with Gasteiger partial charge in [0.05, 0.1) is 29.3 Å². The molecule has 8 heteroatoms. The molecule has 1 atom stereocenters. The summed E-state index contributed by atoms with van der Waals surface area (Å²) in [7, 11) is 0. The lowest BCUT2D eigenvalue weighted by Gasteiger charge is -2.22. The molecule has 3 aromatic rings. The molecule has 7 nitrogen and oxygen atoms in total. The van der Waals surface area contributed by atoms with Gasteiger partial charge in [-0.3, -0.25) is 19.0 Å². The normalized spacial score (nSPS) is 15.9. The van der Waals surface area contributed by atoms with Crippen molar-refractivity contribution in [3.8, 4) is 0 Å². The Bertz CT molecular complexity index is 1180. The highest BCUT2D eigenvalue weighted by Crippen LogP contribution is 2.37. The average Bonchev–Trinajstić information content (AvgIpc) is 2.95. The monoisotopic (exact) mass is 437 g/mol. The molecule has 2 heterocycles. The van der Waals surface area contributed by atoms with E-state index in [1.807, 2.05) is 30.3 Å². The van der Waals surface area contributed by atoms with Crippen LogP contribution in [0.25, 0.3) is 10.9 Å². The van der Waals surface area contributed by atoms with Crippen LogP contribution in [-0.4, -0.2) is 39.8 Å². The van der Waals surface area contributed by atoms with Crippen LogP contribution in [0.3, 0.4) is 0 Å². The minimum Gasteiger partial charge on any atom is -0.455 e. The number of aryl methyl sites for hydroxylation is 1. The Morgan fingerprint density at radius 2 is 1.94 bits per heavy atom. The highest BCUT2D eigenvalue weighted by atomic mass is 32.2. The minimum atomic E-state index is -0.528. The molecule has 1 aliphatic rings. The maximum atomic E-state index is 12.8. The number of ether oxygens (including phenoxy) is 1. The maximum absolute atomic E-state index is 12.8. The summed E-state index contributed by atoms with van der Waals surface area (Å²) in [6.45, 7) is 2.54. The van der Waals surface area contributed by atoms with Crippen molar-refractivity contribution >= 4 is 40.2 Å². The predicted molar refractivity (Wildman–Crippen MR) is 120 cm³/mol. The number of benzene rings is 2. The van der Waals surface area contributed by atoms with Crippen LogP contribution < -0.4 is 10.5 Å². The van der Waals surface area contributed by atoms with Gasteiger partial charge in [0.25, 0.3) is 11.5 Å². The standard InChI is InChI=1S/C23H23N3O4S/c1-16-10-13-26(19-8-4-5-9-20(19)31-16)21(27)14-30-22(28)11-12-25-15-24-18-7-3-2-6-17(18)23(25)29/h2-9,15-16H,10-14H2,1H3. The molecule has 4 rings (SSSR count). The molecule has 0 radical (unpaired) electrons. The van der Waals surface area contributed by atoms with Crippen LogP contribution >= 0.6 is 11.8 Å². The molecular weight excluding hydrogens is 414 g/mol. The summed E-state index contributed by atoms with van der Waals surface area (Å²) in [6.07, 6.45) is 2.27. The Morgan fingerprint density at radius 3 is 2.81 bits per heavy atom. The number of anilines is 1. The number of amides is 1. The van der Waals surface area contributed by atoms with E-state index in [0.29, 0.717) is 22.7 Å². The number of fused-ring (bicyclic) bond motifs is 2. The van der Waals surface area contributed by atoms with Crippen molar-refractivity contribution in [3.05, 3.63) is 65.2 Å². The summed E-state index contributed by atoms with van der Waals surface area (Å²) in [5, 5.41) is 0.899. The number of rotatable bonds is 5. The third kappa shape index (κ3) is 4.80. The lowest BCUT2D eigenvalue weighted by atomic mass is 10.2. The number of thioether (sulfide) groups is 1. The van der Waals surface area contributed by atoms with Crippen molar-refractivity contribution in [3.63, 3.8) is 0 Å². The molecule has 0 N–H and O–H groups in total. The molecule has 31 heavy (non-hydrogen) atoms. The highest BCUT2D eigenvalue weighted by Gasteiger charge is 2.24. The molecule has 0 fully saturated rings. The Kier molecular flexibility index (Phi) is 6.36. The Morgan fingerprint density at radius 1 is 1.16 bits per heavy atom. The molecule has 0 saturated carbocycles. The smallest absolute Gasteiger partial charge is 0.308 e. The fraction of sp³-hybridized carbons (Fsp3) is 0.304. The second-order valence-corrected chi connectivity index (χ2v) is 8.88. The quantitative estimate of drug-likeness (QED) is 0.570. The van der Waals surface area contributed by atoms with Gasteiger partial charge in [-0.05, 0) is 30.7 Å². The first-order valence-corrected chi connectivity index (χ1v) is 11.1. The number of esters is 1. The second-order valence-electron chi connectivity index (χ2n) is 7.40. The van der Waals surface area contributed by atoms with E-state index in [9.17, 15) is 14.4 Å². The molecule has 0 saturated heterocycles. The number of hydrogen-bond acceptors (Lipinski definition) is 6. The number of carbonyl (C=O) groups excluding carboxylic acids is 2. The van der Waals surface area contributed by atoms with Crippen LogP contribution in [0.1, 0.15) is 19.8 Å². The van der Waals surface area contributed by atoms with Gasteiger partial charge < -0.3 is 9.64 Å². The topological polar surface area (TPSA) is 81.5 Å². The van der Waals surface area contributed by atoms with Gasteiger partial charge in [0.15, 0.2) is 6.61 Å². The van der Waals surface area contributed by atoms with E-state index in [1.165, 1.54) is 10.9 Å². The molecule has 160 valence electrons. The minimum absolute atomic E-state index is 0.0172. The van der Waals surface area contributed by atoms with E-state index in [0.717, 1.165) is 17.0 Å². The number of nitrogens with zero attached hydrogens (tertiary/aromatic N) is 3. The van der Waals surface area contributed by atoms with Crippen molar-refractivity contribution in [1.82, 2.24) is 9.55 Å². The first-order valence-electron chi connectivity index (χ1n) is 10.2. The number of para-hydroxylation sites is 2. The van der Waals surface area contributed by atoms with Crippen molar-refractivity contribution in [1.29, 1.82) is 0 Å². The van der Waals surface area contributed by atoms with Gasteiger partial charge in [-0.2, -0.15) is 0 Å². The fourth-order valence-corrected chi connectivity index (χ4v) is 4.63. The van der Waals surface area contributed by atoms with E-state index >= 15 is 0 Å². The fourth-order valence-electron chi connectivity index (χ4n) is 3.52. The molecule has 2 aromatic carbocycles. The zero-order chi connectivity index (χ0) is 21.8. The Hall–Kier alpha value is -3.13. The summed E-state index contributed by atoms with van der Waals surface area (Å²) < 4.78 is 6.60. The van der Waals surface area contributed by atoms with Crippen LogP contribution in [0, 0.1) is 0 Å². The lowest BCUT2D eigenvalue weighted by Crippen LogP contribution is -2.36. The van der Waals surface area contributed by atoms with Crippen LogP contribution in [0.4, 0.5) is 5.69 Å². The summed E-state index contributed by atoms with van der Waals surface area (Å²) in [6, 6.07) is 14.8. The van der Waals surface area contributed by atoms with Crippen molar-refractivity contribution in [2.45, 2.75) is 36.5 Å². The van der Waals surface area contributed by atoms with E-state index in [-0.39, 0.29) is 31.0 Å². The number of aromatic nitrogens is 2. The molecule has 1 amide bonds. The molecule has 1 aromatic heterocycles. The molecule has 0 aliphatic carbocycles. The Labute approximate surface area is 184 Å². The lowest BCUT2D eigenvalue weighted by molar-refractivity contribution is -0.148. The van der Waals surface area contributed by atoms with Crippen LogP contribution in [0.5, 0.6) is 0 Å². The van der Waals surface area contributed by atoms with Crippen LogP contribution in [-0.2, 0) is 20.9 Å². The summed E-state index contributed by atoms with van der Waals surface area (Å²) in [4.78, 5) is 44.5. The second kappa shape index (κ2) is 9.34. The van der Waals surface area contributed by atoms with Gasteiger partial charge >= 0.3 is 5.97 Å². The van der Waals surface area contributed by atoms with Gasteiger partial charge in [-0.1, -0.05) is 31.2 Å². The van der Waals surface area contributed by atoms with Gasteiger partial charge in [-0.15, -0.1) is 11.8 Å². The number of carbonyl (C=O) groups is 2. The Balaban J connectivity index is 1.36. The van der Waals surface area contributed by atoms with Gasteiger partial charge in [0, 0.05) is 23.2 Å². The maximum Gasteiger partial charge on any atom is 0.308 e. The molecule has 0 bridgehead atoms. The van der Waals surface area contributed by atoms with Gasteiger partial charge in [-0.25, -0.2) is 4.98 Å². The third-order valence-corrected chi connectivity index (χ3v) is 6.43. The third-order valence-electron chi connectivity index (χ3n) is 5.19. The zero-order valence-corrected chi connectivity index (χ0v) is 18.0. The van der Waals surface area contributed by atoms with Crippen LogP contribution in [0.2, 0.25) is 0 Å². The summed E-state index contributed by atoms with van der Waals surface area (Å²) in [5.74, 6) is -0.778. The molecule has 1 unspecified atom stereocenters. The van der Waals surface area contributed by atoms with E-state index in [2.05, 4.69) is 11.9 Å². The first kappa shape index (κ1) is 21.1. The molecule has 0 spiro atoms. The van der Waals surface area contributed by atoms with Crippen molar-refractivity contribution < 1.29 is 14.3 Å². The number of hydrogen-bond donors (Lipinski definition) is 0. The predicted octanol–water partition coefficient (Wildman–Crippen LogP) is 3.25. The van der Waals surface area contributed by atoms with Crippen LogP contribution in [0.15, 0.2) is 64.5 Å². The van der Waals surface area contributed by atoms with E-state index in [1.54, 1.807) is 34.9 Å². The highest BCUT2D eigenvalue weighted by molar-refractivity contribution is 8.00.